The van der Waals surface area contributed by atoms with Crippen molar-refractivity contribution in [1.82, 2.24) is 10.2 Å². The summed E-state index contributed by atoms with van der Waals surface area (Å²) in [5.41, 5.74) is 2.97. The van der Waals surface area contributed by atoms with E-state index in [1.54, 1.807) is 38.5 Å². The molecule has 2 aromatic carbocycles. The fourth-order valence-corrected chi connectivity index (χ4v) is 3.23. The fraction of sp³-hybridized carbons (Fsp3) is 0.217. The number of rotatable bonds is 8. The standard InChI is InChI=1S/C23H22N4O6/c1-30-19-8-5-16(13-21(19)31-2)18-14-32-23(29)27(26-18)12-10-15-3-6-17(7-4-15)25-22(28)20-9-11-24-33-20/h3-9,11,13H,10,12,14H2,1-2H3,(H,25,28). The number of ether oxygens (including phenoxy) is 3. The van der Waals surface area contributed by atoms with Gasteiger partial charge in [-0.2, -0.15) is 10.1 Å². The number of cyclic esters (lactones) is 1. The summed E-state index contributed by atoms with van der Waals surface area (Å²) in [7, 11) is 3.12. The summed E-state index contributed by atoms with van der Waals surface area (Å²) < 4.78 is 20.7. The zero-order valence-corrected chi connectivity index (χ0v) is 18.1. The highest BCUT2D eigenvalue weighted by Crippen LogP contribution is 2.28. The third kappa shape index (κ3) is 5.12. The van der Waals surface area contributed by atoms with Crippen LogP contribution >= 0.6 is 0 Å². The summed E-state index contributed by atoms with van der Waals surface area (Å²) in [6.45, 7) is 0.407. The summed E-state index contributed by atoms with van der Waals surface area (Å²) in [5.74, 6) is 0.919. The van der Waals surface area contributed by atoms with Gasteiger partial charge in [0.25, 0.3) is 5.91 Å². The van der Waals surface area contributed by atoms with E-state index in [9.17, 15) is 9.59 Å². The van der Waals surface area contributed by atoms with Crippen LogP contribution in [-0.2, 0) is 11.2 Å². The van der Waals surface area contributed by atoms with Crippen LogP contribution < -0.4 is 14.8 Å². The molecule has 170 valence electrons. The van der Waals surface area contributed by atoms with Crippen molar-refractivity contribution in [3.63, 3.8) is 0 Å². The van der Waals surface area contributed by atoms with Gasteiger partial charge in [0.1, 0.15) is 12.3 Å². The van der Waals surface area contributed by atoms with Gasteiger partial charge < -0.3 is 24.1 Å². The number of carbonyl (C=O) groups excluding carboxylic acids is 2. The Kier molecular flexibility index (Phi) is 6.53. The molecule has 0 radical (unpaired) electrons. The molecule has 10 nitrogen and oxygen atoms in total. The van der Waals surface area contributed by atoms with Crippen molar-refractivity contribution in [3.05, 3.63) is 71.6 Å². The van der Waals surface area contributed by atoms with Crippen LogP contribution in [-0.4, -0.2) is 55.2 Å². The van der Waals surface area contributed by atoms with Crippen molar-refractivity contribution in [2.24, 2.45) is 5.10 Å². The lowest BCUT2D eigenvalue weighted by molar-refractivity contribution is 0.0987. The van der Waals surface area contributed by atoms with Gasteiger partial charge in [0.15, 0.2) is 11.5 Å². The van der Waals surface area contributed by atoms with Crippen LogP contribution in [0.15, 0.2) is 64.4 Å². The Morgan fingerprint density at radius 2 is 1.88 bits per heavy atom. The van der Waals surface area contributed by atoms with Crippen molar-refractivity contribution < 1.29 is 28.3 Å². The van der Waals surface area contributed by atoms with Gasteiger partial charge >= 0.3 is 6.09 Å². The molecule has 0 saturated carbocycles. The molecule has 33 heavy (non-hydrogen) atoms. The van der Waals surface area contributed by atoms with Gasteiger partial charge in [-0.1, -0.05) is 17.3 Å². The first-order valence-corrected chi connectivity index (χ1v) is 10.1. The molecule has 0 fully saturated rings. The second kappa shape index (κ2) is 9.86. The minimum absolute atomic E-state index is 0.0738. The van der Waals surface area contributed by atoms with E-state index in [4.69, 9.17) is 18.7 Å². The van der Waals surface area contributed by atoms with E-state index < -0.39 is 6.09 Å². The quantitative estimate of drug-likeness (QED) is 0.560. The largest absolute Gasteiger partial charge is 0.493 e. The summed E-state index contributed by atoms with van der Waals surface area (Å²) in [5, 5.41) is 12.0. The summed E-state index contributed by atoms with van der Waals surface area (Å²) in [4.78, 5) is 24.2. The van der Waals surface area contributed by atoms with Crippen molar-refractivity contribution in [1.29, 1.82) is 0 Å². The molecule has 1 N–H and O–H groups in total. The predicted molar refractivity (Wildman–Crippen MR) is 119 cm³/mol. The summed E-state index contributed by atoms with van der Waals surface area (Å²) in [6, 6.07) is 14.2. The van der Waals surface area contributed by atoms with E-state index in [-0.39, 0.29) is 18.3 Å². The molecule has 0 atom stereocenters. The molecule has 4 rings (SSSR count). The van der Waals surface area contributed by atoms with Crippen LogP contribution in [0.25, 0.3) is 0 Å². The molecule has 0 bridgehead atoms. The highest BCUT2D eigenvalue weighted by molar-refractivity contribution is 6.04. The number of nitrogens with one attached hydrogen (secondary N) is 1. The van der Waals surface area contributed by atoms with Gasteiger partial charge in [-0.25, -0.2) is 4.79 Å². The van der Waals surface area contributed by atoms with Crippen LogP contribution in [0.2, 0.25) is 0 Å². The van der Waals surface area contributed by atoms with Crippen LogP contribution in [0.3, 0.4) is 0 Å². The lowest BCUT2D eigenvalue weighted by atomic mass is 10.1. The molecule has 3 aromatic rings. The first kappa shape index (κ1) is 21.9. The normalized spacial score (nSPS) is 13.2. The van der Waals surface area contributed by atoms with Crippen molar-refractivity contribution in [3.8, 4) is 11.5 Å². The van der Waals surface area contributed by atoms with Gasteiger partial charge in [-0.05, 0) is 42.3 Å². The molecule has 10 heteroatoms. The number of hydrogen-bond acceptors (Lipinski definition) is 8. The molecule has 0 aliphatic carbocycles. The minimum atomic E-state index is -0.504. The molecule has 1 aliphatic heterocycles. The number of hydrogen-bond donors (Lipinski definition) is 1. The highest BCUT2D eigenvalue weighted by Gasteiger charge is 2.23. The van der Waals surface area contributed by atoms with Gasteiger partial charge in [-0.15, -0.1) is 0 Å². The van der Waals surface area contributed by atoms with Crippen LogP contribution in [0.5, 0.6) is 11.5 Å². The number of aromatic nitrogens is 1. The smallest absolute Gasteiger partial charge is 0.430 e. The Hall–Kier alpha value is -4.34. The Bertz CT molecular complexity index is 1160. The zero-order chi connectivity index (χ0) is 23.2. The topological polar surface area (TPSA) is 115 Å². The fourth-order valence-electron chi connectivity index (χ4n) is 3.23. The van der Waals surface area contributed by atoms with Gasteiger partial charge in [-0.3, -0.25) is 4.79 Å². The first-order chi connectivity index (χ1) is 16.1. The average molecular weight is 450 g/mol. The monoisotopic (exact) mass is 450 g/mol. The van der Waals surface area contributed by atoms with Crippen molar-refractivity contribution in [2.75, 3.05) is 32.7 Å². The maximum absolute atomic E-state index is 12.2. The summed E-state index contributed by atoms with van der Waals surface area (Å²) in [6.07, 6.45) is 1.45. The molecule has 0 saturated heterocycles. The molecule has 1 aromatic heterocycles. The van der Waals surface area contributed by atoms with Crippen LogP contribution in [0, 0.1) is 0 Å². The Morgan fingerprint density at radius 3 is 2.58 bits per heavy atom. The van der Waals surface area contributed by atoms with E-state index >= 15 is 0 Å². The molecule has 2 amide bonds. The number of carbonyl (C=O) groups is 2. The second-order valence-electron chi connectivity index (χ2n) is 7.07. The number of nitrogens with zero attached hydrogens (tertiary/aromatic N) is 3. The van der Waals surface area contributed by atoms with E-state index in [0.717, 1.165) is 11.1 Å². The molecule has 0 spiro atoms. The second-order valence-corrected chi connectivity index (χ2v) is 7.07. The van der Waals surface area contributed by atoms with E-state index in [2.05, 4.69) is 15.6 Å². The average Bonchev–Trinajstić information content (AvgIpc) is 3.39. The molecule has 2 heterocycles. The third-order valence-corrected chi connectivity index (χ3v) is 4.99. The van der Waals surface area contributed by atoms with Crippen LogP contribution in [0.4, 0.5) is 10.5 Å². The third-order valence-electron chi connectivity index (χ3n) is 4.99. The lowest BCUT2D eigenvalue weighted by Crippen LogP contribution is -2.36. The predicted octanol–water partition coefficient (Wildman–Crippen LogP) is 3.34. The molecule has 0 unspecified atom stereocenters. The van der Waals surface area contributed by atoms with E-state index in [0.29, 0.717) is 35.9 Å². The number of benzene rings is 2. The summed E-state index contributed by atoms with van der Waals surface area (Å²) >= 11 is 0. The molecule has 1 aliphatic rings. The highest BCUT2D eigenvalue weighted by atomic mass is 16.6. The van der Waals surface area contributed by atoms with Gasteiger partial charge in [0.05, 0.1) is 27.0 Å². The number of hydrazone groups is 1. The minimum Gasteiger partial charge on any atom is -0.493 e. The Morgan fingerprint density at radius 1 is 1.09 bits per heavy atom. The molecular weight excluding hydrogens is 428 g/mol. The van der Waals surface area contributed by atoms with Crippen molar-refractivity contribution >= 4 is 23.4 Å². The number of methoxy groups -OCH3 is 2. The SMILES string of the molecule is COc1ccc(C2=NN(CCc3ccc(NC(=O)c4ccno4)cc3)C(=O)OC2)cc1OC. The van der Waals surface area contributed by atoms with E-state index in [1.807, 2.05) is 18.2 Å². The Labute approximate surface area is 189 Å². The molecular formula is C23H22N4O6. The van der Waals surface area contributed by atoms with Gasteiger partial charge in [0, 0.05) is 17.3 Å². The number of amides is 2. The van der Waals surface area contributed by atoms with Crippen LogP contribution in [0.1, 0.15) is 21.7 Å². The lowest BCUT2D eigenvalue weighted by Gasteiger charge is -2.24. The van der Waals surface area contributed by atoms with E-state index in [1.165, 1.54) is 17.3 Å². The maximum atomic E-state index is 12.2. The van der Waals surface area contributed by atoms with Crippen molar-refractivity contribution in [2.45, 2.75) is 6.42 Å². The Balaban J connectivity index is 1.40. The number of anilines is 1. The first-order valence-electron chi connectivity index (χ1n) is 10.1. The maximum Gasteiger partial charge on any atom is 0.430 e. The zero-order valence-electron chi connectivity index (χ0n) is 18.1. The van der Waals surface area contributed by atoms with Gasteiger partial charge in [0.2, 0.25) is 5.76 Å².